The summed E-state index contributed by atoms with van der Waals surface area (Å²) < 4.78 is 37.1. The fourth-order valence-corrected chi connectivity index (χ4v) is 2.42. The zero-order chi connectivity index (χ0) is 14.6. The van der Waals surface area contributed by atoms with E-state index in [4.69, 9.17) is 22.0 Å². The van der Waals surface area contributed by atoms with Crippen molar-refractivity contribution in [1.82, 2.24) is 0 Å². The molecule has 0 bridgehead atoms. The number of hydrogen-bond donors (Lipinski definition) is 1. The van der Waals surface area contributed by atoms with Gasteiger partial charge in [0.1, 0.15) is 0 Å². The van der Waals surface area contributed by atoms with E-state index >= 15 is 0 Å². The molecule has 19 heavy (non-hydrogen) atoms. The van der Waals surface area contributed by atoms with Gasteiger partial charge >= 0.3 is 11.5 Å². The number of benzene rings is 1. The minimum atomic E-state index is -4.50. The molecule has 0 aliphatic carbocycles. The molecule has 1 aromatic rings. The van der Waals surface area contributed by atoms with Gasteiger partial charge in [-0.3, -0.25) is 4.79 Å². The van der Waals surface area contributed by atoms with Gasteiger partial charge in [0, 0.05) is 10.8 Å². The molecule has 0 saturated heterocycles. The molecule has 0 aliphatic rings. The first-order valence-electron chi connectivity index (χ1n) is 4.86. The Labute approximate surface area is 116 Å². The minimum Gasteiger partial charge on any atom is -0.481 e. The molecule has 0 fully saturated rings. The van der Waals surface area contributed by atoms with E-state index in [1.54, 1.807) is 6.07 Å². The third-order valence-corrected chi connectivity index (χ3v) is 3.24. The average molecular weight is 310 g/mol. The van der Waals surface area contributed by atoms with Crippen molar-refractivity contribution in [3.63, 3.8) is 0 Å². The van der Waals surface area contributed by atoms with E-state index < -0.39 is 17.9 Å². The van der Waals surface area contributed by atoms with Crippen LogP contribution < -0.4 is 0 Å². The van der Waals surface area contributed by atoms with Crippen LogP contribution >= 0.6 is 23.4 Å². The molecule has 8 heteroatoms. The van der Waals surface area contributed by atoms with Gasteiger partial charge in [0.25, 0.3) is 0 Å². The lowest BCUT2D eigenvalue weighted by Gasteiger charge is -2.12. The van der Waals surface area contributed by atoms with Crippen LogP contribution in [-0.2, 0) is 17.1 Å². The van der Waals surface area contributed by atoms with Crippen LogP contribution in [-0.4, -0.2) is 16.6 Å². The molecule has 0 unspecified atom stereocenters. The van der Waals surface area contributed by atoms with Crippen LogP contribution in [0.15, 0.2) is 17.0 Å². The molecule has 102 valence electrons. The van der Waals surface area contributed by atoms with Gasteiger partial charge in [-0.05, 0) is 35.0 Å². The first-order chi connectivity index (χ1) is 8.76. The lowest BCUT2D eigenvalue weighted by atomic mass is 10.0. The molecule has 1 N–H and O–H groups in total. The number of carboxylic acid groups (broad SMARTS) is 1. The number of carbonyl (C=O) groups is 1. The van der Waals surface area contributed by atoms with Gasteiger partial charge in [-0.2, -0.15) is 18.4 Å². The van der Waals surface area contributed by atoms with Gasteiger partial charge in [-0.15, -0.1) is 11.6 Å². The minimum absolute atomic E-state index is 0.0181. The number of hydrogen-bond acceptors (Lipinski definition) is 3. The van der Waals surface area contributed by atoms with E-state index in [1.165, 1.54) is 6.07 Å². The Morgan fingerprint density at radius 1 is 1.42 bits per heavy atom. The number of nitrogens with zero attached hydrogens (tertiary/aromatic N) is 1. The topological polar surface area (TPSA) is 61.1 Å². The van der Waals surface area contributed by atoms with Gasteiger partial charge in [0.15, 0.2) is 0 Å². The van der Waals surface area contributed by atoms with E-state index in [0.29, 0.717) is 0 Å². The van der Waals surface area contributed by atoms with Gasteiger partial charge in [0.2, 0.25) is 0 Å². The molecule has 0 aliphatic heterocycles. The average Bonchev–Trinajstić information content (AvgIpc) is 2.26. The maximum atomic E-state index is 12.4. The van der Waals surface area contributed by atoms with Crippen LogP contribution in [0.2, 0.25) is 0 Å². The Morgan fingerprint density at radius 2 is 2.05 bits per heavy atom. The van der Waals surface area contributed by atoms with Crippen molar-refractivity contribution >= 4 is 29.3 Å². The van der Waals surface area contributed by atoms with Crippen LogP contribution in [0, 0.1) is 11.3 Å². The molecule has 0 amide bonds. The number of carboxylic acids is 1. The van der Waals surface area contributed by atoms with Crippen molar-refractivity contribution in [1.29, 1.82) is 5.26 Å². The second-order valence-corrected chi connectivity index (χ2v) is 4.85. The van der Waals surface area contributed by atoms with E-state index in [-0.39, 0.29) is 39.2 Å². The molecule has 1 rings (SSSR count). The molecule has 0 heterocycles. The highest BCUT2D eigenvalue weighted by Gasteiger charge is 2.31. The molecule has 3 nitrogen and oxygen atoms in total. The van der Waals surface area contributed by atoms with E-state index in [2.05, 4.69) is 0 Å². The first-order valence-corrected chi connectivity index (χ1v) is 6.21. The van der Waals surface area contributed by atoms with Crippen molar-refractivity contribution in [3.8, 4) is 6.07 Å². The van der Waals surface area contributed by atoms with Crippen molar-refractivity contribution in [3.05, 3.63) is 28.8 Å². The summed E-state index contributed by atoms with van der Waals surface area (Å²) in [6.07, 6.45) is -0.517. The van der Waals surface area contributed by atoms with Crippen LogP contribution in [0.3, 0.4) is 0 Å². The van der Waals surface area contributed by atoms with Crippen molar-refractivity contribution in [2.45, 2.75) is 22.7 Å². The van der Waals surface area contributed by atoms with Gasteiger partial charge in [0.05, 0.1) is 18.1 Å². The van der Waals surface area contributed by atoms with E-state index in [1.807, 2.05) is 0 Å². The molecule has 1 aromatic carbocycles. The Hall–Kier alpha value is -1.39. The first kappa shape index (κ1) is 15.7. The number of rotatable bonds is 4. The summed E-state index contributed by atoms with van der Waals surface area (Å²) in [4.78, 5) is 10.4. The zero-order valence-corrected chi connectivity index (χ0v) is 10.9. The number of nitriles is 1. The van der Waals surface area contributed by atoms with Crippen molar-refractivity contribution in [2.75, 3.05) is 0 Å². The SMILES string of the molecule is N#Cc1cc(CCl)c(SC(F)(F)F)cc1CC(=O)O. The summed E-state index contributed by atoms with van der Waals surface area (Å²) in [7, 11) is 0. The fourth-order valence-electron chi connectivity index (χ4n) is 1.40. The second kappa shape index (κ2) is 6.17. The van der Waals surface area contributed by atoms with Gasteiger partial charge in [-0.25, -0.2) is 0 Å². The Kier molecular flexibility index (Phi) is 5.09. The van der Waals surface area contributed by atoms with Crippen LogP contribution in [0.1, 0.15) is 16.7 Å². The van der Waals surface area contributed by atoms with Crippen LogP contribution in [0.5, 0.6) is 0 Å². The highest BCUT2D eigenvalue weighted by molar-refractivity contribution is 8.00. The maximum absolute atomic E-state index is 12.4. The van der Waals surface area contributed by atoms with Crippen molar-refractivity contribution in [2.24, 2.45) is 0 Å². The van der Waals surface area contributed by atoms with Crippen molar-refractivity contribution < 1.29 is 23.1 Å². The molecular weight excluding hydrogens is 303 g/mol. The number of thioether (sulfide) groups is 1. The Balaban J connectivity index is 3.29. The monoisotopic (exact) mass is 309 g/mol. The molecule has 0 spiro atoms. The Morgan fingerprint density at radius 3 is 2.47 bits per heavy atom. The summed E-state index contributed by atoms with van der Waals surface area (Å²) >= 11 is 5.17. The fraction of sp³-hybridized carbons (Fsp3) is 0.273. The molecule has 0 atom stereocenters. The quantitative estimate of drug-likeness (QED) is 0.682. The largest absolute Gasteiger partial charge is 0.481 e. The highest BCUT2D eigenvalue weighted by Crippen LogP contribution is 2.40. The lowest BCUT2D eigenvalue weighted by Crippen LogP contribution is -2.06. The Bertz CT molecular complexity index is 540. The number of alkyl halides is 4. The van der Waals surface area contributed by atoms with Gasteiger partial charge in [-0.1, -0.05) is 0 Å². The van der Waals surface area contributed by atoms with E-state index in [0.717, 1.165) is 6.07 Å². The molecule has 0 saturated carbocycles. The molecular formula is C11H7ClF3NO2S. The second-order valence-electron chi connectivity index (χ2n) is 3.48. The molecule has 0 aromatic heterocycles. The van der Waals surface area contributed by atoms with Gasteiger partial charge < -0.3 is 5.11 Å². The summed E-state index contributed by atoms with van der Waals surface area (Å²) in [6, 6.07) is 4.01. The number of halogens is 4. The maximum Gasteiger partial charge on any atom is 0.446 e. The van der Waals surface area contributed by atoms with Crippen LogP contribution in [0.25, 0.3) is 0 Å². The summed E-state index contributed by atoms with van der Waals surface area (Å²) in [5.41, 5.74) is -4.30. The third-order valence-electron chi connectivity index (χ3n) is 2.12. The van der Waals surface area contributed by atoms with E-state index in [9.17, 15) is 18.0 Å². The summed E-state index contributed by atoms with van der Waals surface area (Å²) in [6.45, 7) is 0. The third kappa shape index (κ3) is 4.65. The van der Waals surface area contributed by atoms with Crippen LogP contribution in [0.4, 0.5) is 13.2 Å². The molecule has 0 radical (unpaired) electrons. The summed E-state index contributed by atoms with van der Waals surface area (Å²) in [5.74, 6) is -1.42. The standard InChI is InChI=1S/C11H7ClF3NO2S/c12-4-7-1-8(5-16)6(3-10(17)18)2-9(7)19-11(13,14)15/h1-2H,3-4H2,(H,17,18). The highest BCUT2D eigenvalue weighted by atomic mass is 35.5. The normalized spacial score (nSPS) is 11.1. The predicted octanol–water partition coefficient (Wildman–Crippen LogP) is 3.54. The lowest BCUT2D eigenvalue weighted by molar-refractivity contribution is -0.136. The zero-order valence-electron chi connectivity index (χ0n) is 9.29. The number of aliphatic carboxylic acids is 1. The smallest absolute Gasteiger partial charge is 0.446 e. The predicted molar refractivity (Wildman–Crippen MR) is 64.0 cm³/mol. The summed E-state index contributed by atoms with van der Waals surface area (Å²) in [5, 5.41) is 17.5.